The van der Waals surface area contributed by atoms with Crippen LogP contribution in [0.25, 0.3) is 0 Å². The molecule has 0 saturated carbocycles. The van der Waals surface area contributed by atoms with Gasteiger partial charge in [-0.2, -0.15) is 0 Å². The molecule has 0 bridgehead atoms. The lowest BCUT2D eigenvalue weighted by Gasteiger charge is -2.03. The van der Waals surface area contributed by atoms with Crippen LogP contribution < -0.4 is 5.73 Å². The Hall–Kier alpha value is -1.46. The third-order valence-electron chi connectivity index (χ3n) is 1.99. The Morgan fingerprint density at radius 3 is 2.36 bits per heavy atom. The van der Waals surface area contributed by atoms with Gasteiger partial charge in [-0.1, -0.05) is 11.8 Å². The van der Waals surface area contributed by atoms with Crippen LogP contribution >= 0.6 is 0 Å². The monoisotopic (exact) mass is 189 g/mol. The number of benzene rings is 1. The fourth-order valence-electron chi connectivity index (χ4n) is 1.26. The average Bonchev–Trinajstić information content (AvgIpc) is 2.14. The van der Waals surface area contributed by atoms with Gasteiger partial charge in [-0.15, -0.1) is 0 Å². The molecule has 2 nitrogen and oxygen atoms in total. The summed E-state index contributed by atoms with van der Waals surface area (Å²) in [5.41, 5.74) is 8.00. The van der Waals surface area contributed by atoms with Gasteiger partial charge in [-0.05, 0) is 37.1 Å². The van der Waals surface area contributed by atoms with Crippen molar-refractivity contribution in [2.75, 3.05) is 6.54 Å². The van der Waals surface area contributed by atoms with E-state index >= 15 is 0 Å². The molecule has 1 aromatic carbocycles. The number of phenolic OH excluding ortho intramolecular Hbond substituents is 1. The van der Waals surface area contributed by atoms with Crippen LogP contribution in [0.5, 0.6) is 5.75 Å². The SMILES string of the molecule is Cc1cc(C#CCCN)cc(C)c1O. The van der Waals surface area contributed by atoms with E-state index in [1.807, 2.05) is 26.0 Å². The molecule has 2 heteroatoms. The van der Waals surface area contributed by atoms with Crippen molar-refractivity contribution >= 4 is 0 Å². The molecule has 0 spiro atoms. The van der Waals surface area contributed by atoms with E-state index in [4.69, 9.17) is 5.73 Å². The molecular formula is C12H15NO. The summed E-state index contributed by atoms with van der Waals surface area (Å²) in [5.74, 6) is 6.34. The summed E-state index contributed by atoms with van der Waals surface area (Å²) in [7, 11) is 0. The zero-order chi connectivity index (χ0) is 10.6. The fourth-order valence-corrected chi connectivity index (χ4v) is 1.26. The summed E-state index contributed by atoms with van der Waals surface area (Å²) in [6, 6.07) is 3.76. The second-order valence-electron chi connectivity index (χ2n) is 3.30. The normalized spacial score (nSPS) is 9.36. The summed E-state index contributed by atoms with van der Waals surface area (Å²) >= 11 is 0. The molecule has 0 radical (unpaired) electrons. The molecule has 3 N–H and O–H groups in total. The van der Waals surface area contributed by atoms with E-state index in [1.165, 1.54) is 0 Å². The molecule has 0 unspecified atom stereocenters. The summed E-state index contributed by atoms with van der Waals surface area (Å²) in [4.78, 5) is 0. The van der Waals surface area contributed by atoms with Crippen LogP contribution in [-0.4, -0.2) is 11.7 Å². The Balaban J connectivity index is 2.97. The van der Waals surface area contributed by atoms with Crippen LogP contribution in [0.1, 0.15) is 23.1 Å². The summed E-state index contributed by atoms with van der Waals surface area (Å²) in [5, 5.41) is 9.53. The number of hydrogen-bond donors (Lipinski definition) is 2. The topological polar surface area (TPSA) is 46.2 Å². The first-order chi connectivity index (χ1) is 6.65. The van der Waals surface area contributed by atoms with Crippen molar-refractivity contribution in [1.82, 2.24) is 0 Å². The lowest BCUT2D eigenvalue weighted by atomic mass is 10.1. The van der Waals surface area contributed by atoms with E-state index in [-0.39, 0.29) is 0 Å². The zero-order valence-electron chi connectivity index (χ0n) is 8.59. The van der Waals surface area contributed by atoms with Crippen molar-refractivity contribution in [2.45, 2.75) is 20.3 Å². The third-order valence-corrected chi connectivity index (χ3v) is 1.99. The highest BCUT2D eigenvalue weighted by Crippen LogP contribution is 2.22. The molecule has 1 aromatic rings. The number of aromatic hydroxyl groups is 1. The number of rotatable bonds is 1. The second-order valence-corrected chi connectivity index (χ2v) is 3.30. The molecule has 0 aliphatic heterocycles. The average molecular weight is 189 g/mol. The third kappa shape index (κ3) is 2.51. The van der Waals surface area contributed by atoms with Gasteiger partial charge < -0.3 is 10.8 Å². The van der Waals surface area contributed by atoms with Crippen LogP contribution in [0.4, 0.5) is 0 Å². The fraction of sp³-hybridized carbons (Fsp3) is 0.333. The number of phenols is 1. The minimum absolute atomic E-state index is 0.356. The molecule has 0 amide bonds. The molecule has 74 valence electrons. The lowest BCUT2D eigenvalue weighted by Crippen LogP contribution is -1.95. The van der Waals surface area contributed by atoms with E-state index in [2.05, 4.69) is 11.8 Å². The van der Waals surface area contributed by atoms with Crippen LogP contribution in [0.15, 0.2) is 12.1 Å². The zero-order valence-corrected chi connectivity index (χ0v) is 8.59. The molecule has 0 aliphatic rings. The molecule has 0 aliphatic carbocycles. The van der Waals surface area contributed by atoms with Crippen LogP contribution in [0.2, 0.25) is 0 Å². The van der Waals surface area contributed by atoms with Gasteiger partial charge in [0.15, 0.2) is 0 Å². The highest BCUT2D eigenvalue weighted by Gasteiger charge is 2.00. The van der Waals surface area contributed by atoms with Crippen molar-refractivity contribution < 1.29 is 5.11 Å². The predicted molar refractivity (Wildman–Crippen MR) is 58.1 cm³/mol. The summed E-state index contributed by atoms with van der Waals surface area (Å²) < 4.78 is 0. The number of nitrogens with two attached hydrogens (primary N) is 1. The van der Waals surface area contributed by atoms with Crippen LogP contribution in [0, 0.1) is 25.7 Å². The van der Waals surface area contributed by atoms with Gasteiger partial charge in [0.25, 0.3) is 0 Å². The first-order valence-corrected chi connectivity index (χ1v) is 4.64. The Bertz CT molecular complexity index is 362. The largest absolute Gasteiger partial charge is 0.507 e. The first-order valence-electron chi connectivity index (χ1n) is 4.64. The maximum atomic E-state index is 9.53. The Morgan fingerprint density at radius 2 is 1.86 bits per heavy atom. The maximum Gasteiger partial charge on any atom is 0.121 e. The van der Waals surface area contributed by atoms with Crippen molar-refractivity contribution in [1.29, 1.82) is 0 Å². The minimum Gasteiger partial charge on any atom is -0.507 e. The molecule has 0 saturated heterocycles. The van der Waals surface area contributed by atoms with E-state index in [0.29, 0.717) is 18.7 Å². The summed E-state index contributed by atoms with van der Waals surface area (Å²) in [6.45, 7) is 4.33. The standard InChI is InChI=1S/C12H15NO/c1-9-7-11(5-3-4-6-13)8-10(2)12(9)14/h7-8,14H,4,6,13H2,1-2H3. The molecule has 0 fully saturated rings. The van der Waals surface area contributed by atoms with Crippen molar-refractivity contribution in [2.24, 2.45) is 5.73 Å². The van der Waals surface area contributed by atoms with Crippen molar-refractivity contribution in [3.63, 3.8) is 0 Å². The predicted octanol–water partition coefficient (Wildman–Crippen LogP) is 1.71. The molecule has 14 heavy (non-hydrogen) atoms. The van der Waals surface area contributed by atoms with E-state index < -0.39 is 0 Å². The Kier molecular flexibility index (Phi) is 3.55. The Morgan fingerprint density at radius 1 is 1.29 bits per heavy atom. The Labute approximate surface area is 84.8 Å². The molecule has 0 atom stereocenters. The van der Waals surface area contributed by atoms with Crippen molar-refractivity contribution in [3.05, 3.63) is 28.8 Å². The number of hydrogen-bond acceptors (Lipinski definition) is 2. The van der Waals surface area contributed by atoms with Crippen LogP contribution in [-0.2, 0) is 0 Å². The van der Waals surface area contributed by atoms with Gasteiger partial charge in [0.05, 0.1) is 0 Å². The summed E-state index contributed by atoms with van der Waals surface area (Å²) in [6.07, 6.45) is 0.707. The maximum absolute atomic E-state index is 9.53. The molecular weight excluding hydrogens is 174 g/mol. The minimum atomic E-state index is 0.356. The second kappa shape index (κ2) is 4.69. The first kappa shape index (κ1) is 10.6. The molecule has 0 heterocycles. The van der Waals surface area contributed by atoms with Gasteiger partial charge in [0.1, 0.15) is 5.75 Å². The smallest absolute Gasteiger partial charge is 0.121 e. The van der Waals surface area contributed by atoms with Crippen molar-refractivity contribution in [3.8, 4) is 17.6 Å². The van der Waals surface area contributed by atoms with Crippen LogP contribution in [0.3, 0.4) is 0 Å². The molecule has 1 rings (SSSR count). The number of aryl methyl sites for hydroxylation is 2. The highest BCUT2D eigenvalue weighted by atomic mass is 16.3. The van der Waals surface area contributed by atoms with Gasteiger partial charge in [-0.3, -0.25) is 0 Å². The quantitative estimate of drug-likeness (QED) is 0.661. The van der Waals surface area contributed by atoms with Gasteiger partial charge in [0, 0.05) is 18.5 Å². The molecule has 0 aromatic heterocycles. The van der Waals surface area contributed by atoms with E-state index in [1.54, 1.807) is 0 Å². The van der Waals surface area contributed by atoms with Gasteiger partial charge >= 0.3 is 0 Å². The van der Waals surface area contributed by atoms with Gasteiger partial charge in [-0.25, -0.2) is 0 Å². The van der Waals surface area contributed by atoms with E-state index in [9.17, 15) is 5.11 Å². The van der Waals surface area contributed by atoms with Gasteiger partial charge in [0.2, 0.25) is 0 Å². The van der Waals surface area contributed by atoms with E-state index in [0.717, 1.165) is 16.7 Å². The lowest BCUT2D eigenvalue weighted by molar-refractivity contribution is 0.467. The highest BCUT2D eigenvalue weighted by molar-refractivity contribution is 5.47.